The number of anilines is 8. The summed E-state index contributed by atoms with van der Waals surface area (Å²) >= 11 is 17.5. The topological polar surface area (TPSA) is 28.4 Å². The Hall–Kier alpha value is -12.5. The first-order valence-corrected chi connectivity index (χ1v) is 66.4. The minimum atomic E-state index is -1.52. The lowest BCUT2D eigenvalue weighted by Crippen LogP contribution is -2.37. The van der Waals surface area contributed by atoms with Crippen LogP contribution < -0.4 is 30.7 Å². The lowest BCUT2D eigenvalue weighted by Gasteiger charge is -2.28. The second-order valence-corrected chi connectivity index (χ2v) is 65.5. The fourth-order valence-electron chi connectivity index (χ4n) is 21.2. The number of aromatic nitrogens is 2. The molecule has 13 heteroatoms. The molecular formula is C136H126Br4IN5Si3. The molecule has 0 spiro atoms. The standard InChI is InChI=1S/C60H59N3Si2.C30H23Br2N.C21H12Br2.C15H19NSi.C10H13I/c1-60(2,3)42-28-30-47(31-29-42)63-56-40-54(61(43-20-12-10-13-21-43)45-32-36-48(37-33-45)64(4,5)6)50-24-16-18-26-52(50)58(56)59-53-27-19-17-25-51(53)55(41-57(59)63)62(44-22-14-11-15-23-44)46-34-38-49(39-35-46)65(7,8)9;1-30(2,3)18-12-14-19(15-13-18)33-26-16-24(31)20-8-4-6-10-22(20)28(26)29-23-11-7-5-9-21(23)25(32)17-27(29)33;22-18-10-12-9-13-11-19(23)15-6-2-4-8-17(15)21(13)20(12)16-7-3-1-5-14(16)18;1-17(2,3)15-11-9-14(10-12-15)16-13-7-5-4-6-8-13;1-10(2,3)8-4-6-9(11)7-5-8/h10-41H,1-9H3;4-17H,1-3H3;1-8,10-11H,9H2;4-12,16H,1-3H3;4-7H,1-3H3. The van der Waals surface area contributed by atoms with Crippen LogP contribution in [0.25, 0.3) is 131 Å². The molecule has 0 saturated carbocycles. The SMILES string of the molecule is Brc1cc2c(c3ccccc13)-c1c(cc(Br)c3ccccc13)C2.CC(C)(C)c1ccc(-n2c3cc(Br)c4ccccc4c3c3c4ccccc4c(Br)cc32)cc1.CC(C)(C)c1ccc(-n2c3cc(N(c4ccccc4)c4ccc([Si](C)(C)C)cc4)c4ccccc4c3c3c4ccccc4c(N(c4ccccc4)c4ccc([Si](C)(C)C)cc4)cc32)cc1.CC(C)(C)c1ccc(I)cc1.C[Si](C)(C)c1ccc(Nc2ccccc2)cc1. The highest BCUT2D eigenvalue weighted by atomic mass is 127. The van der Waals surface area contributed by atoms with Crippen molar-refractivity contribution in [2.75, 3.05) is 15.1 Å². The summed E-state index contributed by atoms with van der Waals surface area (Å²) in [5.74, 6) is 0. The summed E-state index contributed by atoms with van der Waals surface area (Å²) in [5, 5.41) is 28.0. The van der Waals surface area contributed by atoms with E-state index in [9.17, 15) is 0 Å². The lowest BCUT2D eigenvalue weighted by atomic mass is 9.87. The number of halogens is 5. The van der Waals surface area contributed by atoms with Crippen LogP contribution in [0.2, 0.25) is 58.9 Å². The smallest absolute Gasteiger partial charge is 0.0775 e. The number of nitrogens with one attached hydrogen (secondary N) is 1. The molecule has 0 fully saturated rings. The van der Waals surface area contributed by atoms with E-state index in [0.717, 1.165) is 66.6 Å². The second-order valence-electron chi connectivity index (χ2n) is 45.6. The van der Waals surface area contributed by atoms with Crippen molar-refractivity contribution in [3.63, 3.8) is 0 Å². The van der Waals surface area contributed by atoms with Crippen molar-refractivity contribution in [2.24, 2.45) is 0 Å². The van der Waals surface area contributed by atoms with Crippen molar-refractivity contribution in [3.05, 3.63) is 468 Å². The van der Waals surface area contributed by atoms with Gasteiger partial charge in [0.1, 0.15) is 0 Å². The highest BCUT2D eigenvalue weighted by Gasteiger charge is 2.32. The van der Waals surface area contributed by atoms with Crippen molar-refractivity contribution in [1.29, 1.82) is 0 Å². The summed E-state index contributed by atoms with van der Waals surface area (Å²) in [7, 11) is -4.22. The summed E-state index contributed by atoms with van der Waals surface area (Å²) < 4.78 is 10.8. The molecule has 1 aliphatic rings. The largest absolute Gasteiger partial charge is 0.356 e. The van der Waals surface area contributed by atoms with Gasteiger partial charge >= 0.3 is 0 Å². The molecule has 0 atom stereocenters. The summed E-state index contributed by atoms with van der Waals surface area (Å²) in [6.45, 7) is 42.0. The first kappa shape index (κ1) is 104. The molecule has 21 aromatic carbocycles. The molecule has 0 saturated heterocycles. The Labute approximate surface area is 929 Å². The van der Waals surface area contributed by atoms with Gasteiger partial charge in [0.15, 0.2) is 0 Å². The zero-order valence-corrected chi connectivity index (χ0v) is 99.7. The van der Waals surface area contributed by atoms with Crippen molar-refractivity contribution in [2.45, 2.75) is 144 Å². The van der Waals surface area contributed by atoms with Crippen LogP contribution in [0.5, 0.6) is 0 Å². The van der Waals surface area contributed by atoms with E-state index in [0.29, 0.717) is 0 Å². The van der Waals surface area contributed by atoms with Gasteiger partial charge < -0.3 is 24.3 Å². The zero-order valence-electron chi connectivity index (χ0n) is 88.2. The van der Waals surface area contributed by atoms with E-state index in [-0.39, 0.29) is 16.2 Å². The van der Waals surface area contributed by atoms with Gasteiger partial charge in [-0.1, -0.05) is 474 Å². The molecule has 0 aliphatic heterocycles. The molecule has 2 aromatic heterocycles. The van der Waals surface area contributed by atoms with E-state index in [2.05, 4.69) is 632 Å². The van der Waals surface area contributed by atoms with E-state index >= 15 is 0 Å². The number of fused-ring (bicyclic) bond motifs is 21. The third-order valence-electron chi connectivity index (χ3n) is 29.2. The number of benzene rings is 21. The maximum Gasteiger partial charge on any atom is 0.0775 e. The lowest BCUT2D eigenvalue weighted by molar-refractivity contribution is 0.590. The molecule has 742 valence electrons. The van der Waals surface area contributed by atoms with Gasteiger partial charge in [-0.15, -0.1) is 0 Å². The van der Waals surface area contributed by atoms with Crippen molar-refractivity contribution >= 4 is 280 Å². The molecule has 0 radical (unpaired) electrons. The molecule has 1 N–H and O–H groups in total. The Kier molecular flexibility index (Phi) is 29.2. The summed E-state index contributed by atoms with van der Waals surface area (Å²) in [4.78, 5) is 4.93. The van der Waals surface area contributed by atoms with Gasteiger partial charge in [-0.2, -0.15) is 0 Å². The van der Waals surface area contributed by atoms with E-state index in [1.807, 2.05) is 18.2 Å². The Morgan fingerprint density at radius 3 is 0.805 bits per heavy atom. The molecule has 0 unspecified atom stereocenters. The summed E-state index contributed by atoms with van der Waals surface area (Å²) in [5.41, 5.74) is 26.3. The molecule has 2 heterocycles. The number of nitrogens with zero attached hydrogens (tertiary/aromatic N) is 4. The van der Waals surface area contributed by atoms with Gasteiger partial charge in [0.25, 0.3) is 0 Å². The van der Waals surface area contributed by atoms with Gasteiger partial charge in [-0.3, -0.25) is 0 Å². The van der Waals surface area contributed by atoms with Crippen LogP contribution in [0.4, 0.5) is 45.5 Å². The Bertz CT molecular complexity index is 8560. The van der Waals surface area contributed by atoms with Crippen LogP contribution in [0.15, 0.2) is 436 Å². The minimum absolute atomic E-state index is 0.0223. The van der Waals surface area contributed by atoms with Crippen LogP contribution in [0.1, 0.15) is 90.1 Å². The van der Waals surface area contributed by atoms with E-state index in [1.165, 1.54) is 181 Å². The summed E-state index contributed by atoms with van der Waals surface area (Å²) in [6.07, 6.45) is 0.998. The van der Waals surface area contributed by atoms with Gasteiger partial charge in [-0.05, 0) is 284 Å². The predicted molar refractivity (Wildman–Crippen MR) is 682 cm³/mol. The molecule has 0 bridgehead atoms. The van der Waals surface area contributed by atoms with Gasteiger partial charge in [-0.25, -0.2) is 0 Å². The molecule has 5 nitrogen and oxygen atoms in total. The van der Waals surface area contributed by atoms with Gasteiger partial charge in [0, 0.05) is 99.3 Å². The van der Waals surface area contributed by atoms with Gasteiger partial charge in [0.2, 0.25) is 0 Å². The molecule has 149 heavy (non-hydrogen) atoms. The minimum Gasteiger partial charge on any atom is -0.356 e. The third kappa shape index (κ3) is 21.2. The maximum absolute atomic E-state index is 3.86. The van der Waals surface area contributed by atoms with E-state index in [4.69, 9.17) is 0 Å². The number of rotatable bonds is 13. The fraction of sp³-hybridized carbons (Fsp3) is 0.162. The van der Waals surface area contributed by atoms with Crippen molar-refractivity contribution in [3.8, 4) is 22.5 Å². The maximum atomic E-state index is 3.86. The monoisotopic (exact) mass is 2360 g/mol. The molecule has 0 amide bonds. The molecule has 23 aromatic rings. The fourth-order valence-corrected chi connectivity index (χ4v) is 27.5. The average Bonchev–Trinajstić information content (AvgIpc) is 1.55. The first-order valence-electron chi connectivity index (χ1n) is 51.7. The number of hydrogen-bond donors (Lipinski definition) is 1. The Morgan fingerprint density at radius 2 is 0.490 bits per heavy atom. The van der Waals surface area contributed by atoms with Crippen molar-refractivity contribution < 1.29 is 0 Å². The molecular weight excluding hydrogens is 2230 g/mol. The Balaban J connectivity index is 0.000000131. The van der Waals surface area contributed by atoms with Crippen LogP contribution in [0, 0.1) is 3.57 Å². The average molecular weight is 2360 g/mol. The number of para-hydroxylation sites is 3. The quantitative estimate of drug-likeness (QED) is 0.0921. The van der Waals surface area contributed by atoms with Crippen LogP contribution in [-0.2, 0) is 22.7 Å². The normalized spacial score (nSPS) is 12.2. The second kappa shape index (κ2) is 42.0. The highest BCUT2D eigenvalue weighted by Crippen LogP contribution is 2.54. The van der Waals surface area contributed by atoms with E-state index in [1.54, 1.807) is 0 Å². The van der Waals surface area contributed by atoms with Crippen LogP contribution in [-0.4, -0.2) is 33.4 Å². The Morgan fingerprint density at radius 1 is 0.248 bits per heavy atom. The highest BCUT2D eigenvalue weighted by molar-refractivity contribution is 14.1. The van der Waals surface area contributed by atoms with Crippen molar-refractivity contribution in [1.82, 2.24) is 9.13 Å². The van der Waals surface area contributed by atoms with Crippen LogP contribution >= 0.6 is 86.3 Å². The third-order valence-corrected chi connectivity index (χ3v) is 38.7. The number of hydrogen-bond acceptors (Lipinski definition) is 3. The molecule has 1 aliphatic carbocycles. The molecule has 24 rings (SSSR count). The van der Waals surface area contributed by atoms with Crippen LogP contribution in [0.3, 0.4) is 0 Å². The predicted octanol–water partition coefficient (Wildman–Crippen LogP) is 41.0. The summed E-state index contributed by atoms with van der Waals surface area (Å²) in [6, 6.07) is 154. The van der Waals surface area contributed by atoms with E-state index < -0.39 is 24.2 Å². The first-order chi connectivity index (χ1) is 71.3. The zero-order chi connectivity index (χ0) is 104. The van der Waals surface area contributed by atoms with Gasteiger partial charge in [0.05, 0.1) is 57.7 Å².